The van der Waals surface area contributed by atoms with E-state index >= 15 is 0 Å². The Hall–Kier alpha value is -2.74. The number of hydrogen-bond acceptors (Lipinski definition) is 6. The summed E-state index contributed by atoms with van der Waals surface area (Å²) in [6.07, 6.45) is 1.12. The minimum Gasteiger partial charge on any atom is -0.383 e. The molecule has 27 heavy (non-hydrogen) atoms. The first-order valence-corrected chi connectivity index (χ1v) is 9.13. The molecule has 8 nitrogen and oxygen atoms in total. The van der Waals surface area contributed by atoms with E-state index in [1.807, 2.05) is 0 Å². The number of nitrogens with two attached hydrogens (primary N) is 1. The van der Waals surface area contributed by atoms with Crippen molar-refractivity contribution in [2.45, 2.75) is 45.2 Å². The Labute approximate surface area is 157 Å². The molecule has 0 aliphatic carbocycles. The van der Waals surface area contributed by atoms with E-state index in [0.717, 1.165) is 11.3 Å². The maximum atomic E-state index is 12.8. The van der Waals surface area contributed by atoms with Gasteiger partial charge in [-0.05, 0) is 37.0 Å². The van der Waals surface area contributed by atoms with E-state index in [1.165, 1.54) is 0 Å². The zero-order valence-electron chi connectivity index (χ0n) is 15.5. The van der Waals surface area contributed by atoms with Crippen molar-refractivity contribution >= 4 is 29.3 Å². The van der Waals surface area contributed by atoms with Crippen LogP contribution in [0.2, 0.25) is 0 Å². The minimum absolute atomic E-state index is 0.0180. The molecule has 1 saturated heterocycles. The van der Waals surface area contributed by atoms with E-state index in [2.05, 4.69) is 24.5 Å². The highest BCUT2D eigenvalue weighted by Gasteiger charge is 2.44. The van der Waals surface area contributed by atoms with Gasteiger partial charge in [0.1, 0.15) is 6.04 Å². The Balaban J connectivity index is 1.74. The molecule has 2 aliphatic rings. The lowest BCUT2D eigenvalue weighted by Gasteiger charge is -2.27. The van der Waals surface area contributed by atoms with Gasteiger partial charge in [0.15, 0.2) is 0 Å². The van der Waals surface area contributed by atoms with Gasteiger partial charge in [-0.3, -0.25) is 29.4 Å². The van der Waals surface area contributed by atoms with Crippen LogP contribution in [-0.2, 0) is 9.59 Å². The van der Waals surface area contributed by atoms with Crippen LogP contribution in [0.4, 0.5) is 5.69 Å². The third-order valence-corrected chi connectivity index (χ3v) is 4.78. The number of carbonyl (C=O) groups excluding carboxylic acids is 4. The SMILES string of the molecule is CC(C)C[C@H](N)CNc1ccc2c(c1)C(=O)N(C1CCC(=O)NC1=O)C2=O. The topological polar surface area (TPSA) is 122 Å². The Morgan fingerprint density at radius 2 is 1.89 bits per heavy atom. The summed E-state index contributed by atoms with van der Waals surface area (Å²) < 4.78 is 0. The standard InChI is InChI=1S/C19H24N4O4/c1-10(2)7-11(20)9-21-12-3-4-13-14(8-12)19(27)23(18(13)26)15-5-6-16(24)22-17(15)25/h3-4,8,10-11,15,21H,5-7,9,20H2,1-2H3,(H,22,24,25)/t11-,15?/m0/s1. The van der Waals surface area contributed by atoms with Gasteiger partial charge >= 0.3 is 0 Å². The maximum absolute atomic E-state index is 12.8. The molecule has 2 heterocycles. The van der Waals surface area contributed by atoms with Crippen LogP contribution in [0.1, 0.15) is 53.8 Å². The molecule has 1 aromatic rings. The molecular formula is C19H24N4O4. The molecule has 0 aromatic heterocycles. The number of rotatable bonds is 6. The highest BCUT2D eigenvalue weighted by molar-refractivity contribution is 6.23. The van der Waals surface area contributed by atoms with Crippen LogP contribution in [0.25, 0.3) is 0 Å². The van der Waals surface area contributed by atoms with E-state index in [4.69, 9.17) is 5.73 Å². The monoisotopic (exact) mass is 372 g/mol. The first-order chi connectivity index (χ1) is 12.8. The highest BCUT2D eigenvalue weighted by Crippen LogP contribution is 2.29. The van der Waals surface area contributed by atoms with Crippen LogP contribution in [-0.4, -0.2) is 47.2 Å². The van der Waals surface area contributed by atoms with Gasteiger partial charge in [-0.15, -0.1) is 0 Å². The Morgan fingerprint density at radius 3 is 2.56 bits per heavy atom. The van der Waals surface area contributed by atoms with Gasteiger partial charge in [-0.1, -0.05) is 13.8 Å². The van der Waals surface area contributed by atoms with Crippen LogP contribution in [0.3, 0.4) is 0 Å². The van der Waals surface area contributed by atoms with E-state index < -0.39 is 29.7 Å². The van der Waals surface area contributed by atoms with Crippen LogP contribution >= 0.6 is 0 Å². The summed E-state index contributed by atoms with van der Waals surface area (Å²) in [5.74, 6) is -1.54. The number of amides is 4. The Bertz CT molecular complexity index is 805. The van der Waals surface area contributed by atoms with Gasteiger partial charge in [-0.25, -0.2) is 0 Å². The number of hydrogen-bond donors (Lipinski definition) is 3. The van der Waals surface area contributed by atoms with E-state index in [1.54, 1.807) is 18.2 Å². The third-order valence-electron chi connectivity index (χ3n) is 4.78. The Morgan fingerprint density at radius 1 is 1.19 bits per heavy atom. The molecule has 1 aromatic carbocycles. The average Bonchev–Trinajstić information content (AvgIpc) is 2.84. The molecule has 0 bridgehead atoms. The van der Waals surface area contributed by atoms with Crippen molar-refractivity contribution in [3.8, 4) is 0 Å². The summed E-state index contributed by atoms with van der Waals surface area (Å²) in [6, 6.07) is 3.95. The fourth-order valence-corrected chi connectivity index (χ4v) is 3.52. The first kappa shape index (κ1) is 19.0. The van der Waals surface area contributed by atoms with Crippen molar-refractivity contribution in [1.82, 2.24) is 10.2 Å². The summed E-state index contributed by atoms with van der Waals surface area (Å²) in [6.45, 7) is 4.75. The third kappa shape index (κ3) is 3.85. The second-order valence-electron chi connectivity index (χ2n) is 7.48. The number of nitrogens with zero attached hydrogens (tertiary/aromatic N) is 1. The molecule has 2 atom stereocenters. The highest BCUT2D eigenvalue weighted by atomic mass is 16.2. The molecule has 4 amide bonds. The maximum Gasteiger partial charge on any atom is 0.262 e. The smallest absolute Gasteiger partial charge is 0.262 e. The minimum atomic E-state index is -0.953. The number of piperidine rings is 1. The van der Waals surface area contributed by atoms with Crippen LogP contribution in [0.5, 0.6) is 0 Å². The van der Waals surface area contributed by atoms with E-state index in [9.17, 15) is 19.2 Å². The van der Waals surface area contributed by atoms with E-state index in [-0.39, 0.29) is 30.0 Å². The summed E-state index contributed by atoms with van der Waals surface area (Å²) in [5.41, 5.74) is 7.28. The zero-order valence-corrected chi connectivity index (χ0v) is 15.5. The van der Waals surface area contributed by atoms with Gasteiger partial charge in [-0.2, -0.15) is 0 Å². The van der Waals surface area contributed by atoms with Crippen LogP contribution in [0.15, 0.2) is 18.2 Å². The lowest BCUT2D eigenvalue weighted by Crippen LogP contribution is -2.54. The average molecular weight is 372 g/mol. The van der Waals surface area contributed by atoms with Gasteiger partial charge < -0.3 is 11.1 Å². The molecule has 0 radical (unpaired) electrons. The van der Waals surface area contributed by atoms with Gasteiger partial charge in [0.05, 0.1) is 11.1 Å². The number of carbonyl (C=O) groups is 4. The number of benzene rings is 1. The molecule has 144 valence electrons. The number of imide groups is 2. The molecule has 2 aliphatic heterocycles. The number of anilines is 1. The summed E-state index contributed by atoms with van der Waals surface area (Å²) in [7, 11) is 0. The summed E-state index contributed by atoms with van der Waals surface area (Å²) in [4.78, 5) is 49.7. The molecule has 0 spiro atoms. The van der Waals surface area contributed by atoms with Crippen molar-refractivity contribution in [2.75, 3.05) is 11.9 Å². The lowest BCUT2D eigenvalue weighted by atomic mass is 10.0. The van der Waals surface area contributed by atoms with Crippen molar-refractivity contribution in [2.24, 2.45) is 11.7 Å². The Kier molecular flexibility index (Phi) is 5.27. The molecule has 3 rings (SSSR count). The number of nitrogens with one attached hydrogen (secondary N) is 2. The quantitative estimate of drug-likeness (QED) is 0.637. The number of fused-ring (bicyclic) bond motifs is 1. The largest absolute Gasteiger partial charge is 0.383 e. The van der Waals surface area contributed by atoms with E-state index in [0.29, 0.717) is 18.2 Å². The fourth-order valence-electron chi connectivity index (χ4n) is 3.52. The lowest BCUT2D eigenvalue weighted by molar-refractivity contribution is -0.136. The predicted molar refractivity (Wildman–Crippen MR) is 99.0 cm³/mol. The van der Waals surface area contributed by atoms with Crippen LogP contribution < -0.4 is 16.4 Å². The van der Waals surface area contributed by atoms with Crippen molar-refractivity contribution in [1.29, 1.82) is 0 Å². The molecular weight excluding hydrogens is 348 g/mol. The second kappa shape index (κ2) is 7.48. The van der Waals surface area contributed by atoms with Gasteiger partial charge in [0, 0.05) is 24.7 Å². The van der Waals surface area contributed by atoms with Crippen molar-refractivity contribution in [3.05, 3.63) is 29.3 Å². The van der Waals surface area contributed by atoms with Gasteiger partial charge in [0.2, 0.25) is 11.8 Å². The fraction of sp³-hybridized carbons (Fsp3) is 0.474. The summed E-state index contributed by atoms with van der Waals surface area (Å²) >= 11 is 0. The normalized spacial score (nSPS) is 20.7. The van der Waals surface area contributed by atoms with Crippen molar-refractivity contribution < 1.29 is 19.2 Å². The van der Waals surface area contributed by atoms with Gasteiger partial charge in [0.25, 0.3) is 11.8 Å². The zero-order chi connectivity index (χ0) is 19.7. The molecule has 4 N–H and O–H groups in total. The molecule has 8 heteroatoms. The van der Waals surface area contributed by atoms with Crippen LogP contribution in [0, 0.1) is 5.92 Å². The molecule has 0 saturated carbocycles. The molecule has 1 unspecified atom stereocenters. The van der Waals surface area contributed by atoms with Crippen molar-refractivity contribution in [3.63, 3.8) is 0 Å². The molecule has 1 fully saturated rings. The first-order valence-electron chi connectivity index (χ1n) is 9.13. The predicted octanol–water partition coefficient (Wildman–Crippen LogP) is 0.873. The summed E-state index contributed by atoms with van der Waals surface area (Å²) in [5, 5.41) is 5.38. The second-order valence-corrected chi connectivity index (χ2v) is 7.48.